The fourth-order valence-electron chi connectivity index (χ4n) is 1.72. The Balaban J connectivity index is 0.00000441. The van der Waals surface area contributed by atoms with Gasteiger partial charge in [0.05, 0.1) is 6.26 Å². The largest absolute Gasteiger partial charge is 0.382 e. The number of benzene rings is 1. The fourth-order valence-corrected chi connectivity index (χ4v) is 2.19. The Bertz CT molecular complexity index is 554. The second kappa shape index (κ2) is 9.75. The Morgan fingerprint density at radius 2 is 1.86 bits per heavy atom. The molecule has 0 fully saturated rings. The van der Waals surface area contributed by atoms with Gasteiger partial charge in [-0.1, -0.05) is 30.3 Å². The SMILES string of the molecule is CS(=O)(=O)NCCNC(=O)C(O)[C@@H](N)Cc1ccccc1.Cl. The van der Waals surface area contributed by atoms with Gasteiger partial charge in [-0.3, -0.25) is 4.79 Å². The topological polar surface area (TPSA) is 122 Å². The molecule has 0 radical (unpaired) electrons. The average molecular weight is 352 g/mol. The number of carbonyl (C=O) groups excluding carboxylic acids is 1. The van der Waals surface area contributed by atoms with Gasteiger partial charge in [0.25, 0.3) is 5.91 Å². The van der Waals surface area contributed by atoms with Crippen molar-refractivity contribution in [1.29, 1.82) is 0 Å². The molecule has 9 heteroatoms. The summed E-state index contributed by atoms with van der Waals surface area (Å²) < 4.78 is 23.9. The molecule has 1 aromatic carbocycles. The number of amides is 1. The van der Waals surface area contributed by atoms with E-state index in [1.807, 2.05) is 30.3 Å². The minimum atomic E-state index is -3.29. The van der Waals surface area contributed by atoms with Gasteiger partial charge in [-0.15, -0.1) is 12.4 Å². The summed E-state index contributed by atoms with van der Waals surface area (Å²) in [6.45, 7) is 0.145. The van der Waals surface area contributed by atoms with E-state index in [-0.39, 0.29) is 25.5 Å². The molecule has 0 aliphatic heterocycles. The van der Waals surface area contributed by atoms with Crippen molar-refractivity contribution in [2.24, 2.45) is 5.73 Å². The molecule has 1 rings (SSSR count). The Labute approximate surface area is 136 Å². The number of hydrogen-bond acceptors (Lipinski definition) is 5. The number of rotatable bonds is 8. The third kappa shape index (κ3) is 8.30. The molecular formula is C13H22ClN3O4S. The zero-order valence-corrected chi connectivity index (χ0v) is 13.9. The van der Waals surface area contributed by atoms with Crippen LogP contribution in [0, 0.1) is 0 Å². The maximum Gasteiger partial charge on any atom is 0.250 e. The van der Waals surface area contributed by atoms with Crippen LogP contribution in [-0.2, 0) is 21.2 Å². The van der Waals surface area contributed by atoms with Crippen LogP contribution >= 0.6 is 12.4 Å². The zero-order valence-electron chi connectivity index (χ0n) is 12.2. The quantitative estimate of drug-likeness (QED) is 0.448. The number of aliphatic hydroxyl groups is 1. The number of nitrogens with one attached hydrogen (secondary N) is 2. The summed E-state index contributed by atoms with van der Waals surface area (Å²) in [6, 6.07) is 8.57. The molecule has 126 valence electrons. The first-order valence-corrected chi connectivity index (χ1v) is 8.38. The van der Waals surface area contributed by atoms with Crippen LogP contribution in [0.15, 0.2) is 30.3 Å². The zero-order chi connectivity index (χ0) is 15.9. The predicted octanol–water partition coefficient (Wildman–Crippen LogP) is -0.995. The van der Waals surface area contributed by atoms with Crippen molar-refractivity contribution in [1.82, 2.24) is 10.0 Å². The molecule has 0 bridgehead atoms. The second-order valence-corrected chi connectivity index (χ2v) is 6.59. The first-order valence-electron chi connectivity index (χ1n) is 6.49. The Kier molecular flexibility index (Phi) is 9.22. The molecular weight excluding hydrogens is 330 g/mol. The highest BCUT2D eigenvalue weighted by Gasteiger charge is 2.22. The van der Waals surface area contributed by atoms with E-state index in [1.165, 1.54) is 0 Å². The molecule has 0 spiro atoms. The molecule has 1 amide bonds. The van der Waals surface area contributed by atoms with Gasteiger partial charge in [0.1, 0.15) is 6.10 Å². The molecule has 0 aliphatic carbocycles. The summed E-state index contributed by atoms with van der Waals surface area (Å²) in [7, 11) is -3.29. The minimum Gasteiger partial charge on any atom is -0.382 e. The van der Waals surface area contributed by atoms with Crippen molar-refractivity contribution in [3.05, 3.63) is 35.9 Å². The van der Waals surface area contributed by atoms with Gasteiger partial charge in [0.15, 0.2) is 0 Å². The van der Waals surface area contributed by atoms with Gasteiger partial charge in [-0.2, -0.15) is 0 Å². The van der Waals surface area contributed by atoms with Gasteiger partial charge in [0.2, 0.25) is 10.0 Å². The maximum absolute atomic E-state index is 11.7. The minimum absolute atomic E-state index is 0. The van der Waals surface area contributed by atoms with E-state index >= 15 is 0 Å². The number of hydrogen-bond donors (Lipinski definition) is 4. The monoisotopic (exact) mass is 351 g/mol. The first kappa shape index (κ1) is 20.8. The Hall–Kier alpha value is -1.19. The molecule has 0 saturated heterocycles. The smallest absolute Gasteiger partial charge is 0.250 e. The molecule has 0 aromatic heterocycles. The predicted molar refractivity (Wildman–Crippen MR) is 87.2 cm³/mol. The van der Waals surface area contributed by atoms with Gasteiger partial charge in [-0.05, 0) is 12.0 Å². The number of sulfonamides is 1. The van der Waals surface area contributed by atoms with Crippen LogP contribution in [0.25, 0.3) is 0 Å². The normalized spacial score (nSPS) is 13.8. The van der Waals surface area contributed by atoms with E-state index < -0.39 is 28.1 Å². The highest BCUT2D eigenvalue weighted by molar-refractivity contribution is 7.88. The second-order valence-electron chi connectivity index (χ2n) is 4.76. The molecule has 7 nitrogen and oxygen atoms in total. The molecule has 0 heterocycles. The number of aliphatic hydroxyl groups excluding tert-OH is 1. The fraction of sp³-hybridized carbons (Fsp3) is 0.462. The highest BCUT2D eigenvalue weighted by Crippen LogP contribution is 2.04. The Morgan fingerprint density at radius 3 is 2.41 bits per heavy atom. The lowest BCUT2D eigenvalue weighted by atomic mass is 10.0. The van der Waals surface area contributed by atoms with Crippen LogP contribution in [0.4, 0.5) is 0 Å². The molecule has 0 saturated carbocycles. The van der Waals surface area contributed by atoms with Crippen molar-refractivity contribution in [3.63, 3.8) is 0 Å². The van der Waals surface area contributed by atoms with Crippen LogP contribution < -0.4 is 15.8 Å². The third-order valence-electron chi connectivity index (χ3n) is 2.78. The third-order valence-corrected chi connectivity index (χ3v) is 3.51. The van der Waals surface area contributed by atoms with Crippen molar-refractivity contribution in [2.45, 2.75) is 18.6 Å². The van der Waals surface area contributed by atoms with Crippen LogP contribution in [0.2, 0.25) is 0 Å². The Morgan fingerprint density at radius 1 is 1.27 bits per heavy atom. The number of nitrogens with two attached hydrogens (primary N) is 1. The van der Waals surface area contributed by atoms with E-state index in [2.05, 4.69) is 10.0 Å². The summed E-state index contributed by atoms with van der Waals surface area (Å²) in [5, 5.41) is 12.3. The number of halogens is 1. The van der Waals surface area contributed by atoms with E-state index in [0.29, 0.717) is 6.42 Å². The lowest BCUT2D eigenvalue weighted by molar-refractivity contribution is -0.130. The summed E-state index contributed by atoms with van der Waals surface area (Å²) in [5.74, 6) is -0.617. The van der Waals surface area contributed by atoms with Crippen molar-refractivity contribution < 1.29 is 18.3 Å². The lowest BCUT2D eigenvalue weighted by Gasteiger charge is -2.18. The van der Waals surface area contributed by atoms with Crippen LogP contribution in [0.1, 0.15) is 5.56 Å². The van der Waals surface area contributed by atoms with E-state index in [4.69, 9.17) is 5.73 Å². The van der Waals surface area contributed by atoms with Crippen LogP contribution in [0.3, 0.4) is 0 Å². The van der Waals surface area contributed by atoms with E-state index in [9.17, 15) is 18.3 Å². The molecule has 1 aromatic rings. The summed E-state index contributed by atoms with van der Waals surface area (Å²) >= 11 is 0. The lowest BCUT2D eigenvalue weighted by Crippen LogP contribution is -2.48. The first-order chi connectivity index (χ1) is 9.79. The van der Waals surface area contributed by atoms with Crippen molar-refractivity contribution in [3.8, 4) is 0 Å². The summed E-state index contributed by atoms with van der Waals surface area (Å²) in [5.41, 5.74) is 6.73. The van der Waals surface area contributed by atoms with E-state index in [1.54, 1.807) is 0 Å². The van der Waals surface area contributed by atoms with Gasteiger partial charge >= 0.3 is 0 Å². The van der Waals surface area contributed by atoms with Gasteiger partial charge in [0, 0.05) is 19.1 Å². The summed E-state index contributed by atoms with van der Waals surface area (Å²) in [4.78, 5) is 11.7. The highest BCUT2D eigenvalue weighted by atomic mass is 35.5. The molecule has 0 aliphatic rings. The van der Waals surface area contributed by atoms with Crippen LogP contribution in [0.5, 0.6) is 0 Å². The molecule has 5 N–H and O–H groups in total. The molecule has 22 heavy (non-hydrogen) atoms. The molecule has 2 atom stereocenters. The maximum atomic E-state index is 11.7. The molecule has 1 unspecified atom stereocenters. The van der Waals surface area contributed by atoms with Crippen molar-refractivity contribution >= 4 is 28.3 Å². The van der Waals surface area contributed by atoms with Gasteiger partial charge in [-0.25, -0.2) is 13.1 Å². The standard InChI is InChI=1S/C13H21N3O4S.ClH/c1-21(19,20)16-8-7-15-13(18)12(17)11(14)9-10-5-3-2-4-6-10;/h2-6,11-12,16-17H,7-9,14H2,1H3,(H,15,18);1H/t11-,12?;/m0./s1. The average Bonchev–Trinajstić information content (AvgIpc) is 2.42. The van der Waals surface area contributed by atoms with Crippen molar-refractivity contribution in [2.75, 3.05) is 19.3 Å². The van der Waals surface area contributed by atoms with E-state index in [0.717, 1.165) is 11.8 Å². The number of carbonyl (C=O) groups is 1. The van der Waals surface area contributed by atoms with Gasteiger partial charge < -0.3 is 16.2 Å². The summed E-state index contributed by atoms with van der Waals surface area (Å²) in [6.07, 6.45) is 0.0552. The van der Waals surface area contributed by atoms with Crippen LogP contribution in [-0.4, -0.2) is 50.9 Å².